The van der Waals surface area contributed by atoms with Gasteiger partial charge in [-0.25, -0.2) is 0 Å². The van der Waals surface area contributed by atoms with E-state index in [1.165, 1.54) is 26.4 Å². The topological polar surface area (TPSA) is 112 Å². The minimum atomic E-state index is -0.307. The summed E-state index contributed by atoms with van der Waals surface area (Å²) in [5, 5.41) is 19.2. The lowest BCUT2D eigenvalue weighted by molar-refractivity contribution is -0.146. The highest BCUT2D eigenvalue weighted by atomic mass is 16.5. The molecule has 8 heteroatoms. The number of phenolic OH excluding ortho intramolecular Hbond substituents is 2. The number of phenols is 2. The molecule has 8 nitrogen and oxygen atoms in total. The molecule has 0 aliphatic heterocycles. The zero-order valence-electron chi connectivity index (χ0n) is 18.5. The van der Waals surface area contributed by atoms with Crippen LogP contribution in [0.5, 0.6) is 23.0 Å². The second-order valence-corrected chi connectivity index (χ2v) is 7.16. The Bertz CT molecular complexity index is 820. The summed E-state index contributed by atoms with van der Waals surface area (Å²) in [6.45, 7) is 0.533. The first kappa shape index (κ1) is 24.8. The molecule has 2 aromatic carbocycles. The third-order valence-corrected chi connectivity index (χ3v) is 4.79. The van der Waals surface area contributed by atoms with Crippen LogP contribution in [0.3, 0.4) is 0 Å². The predicted molar refractivity (Wildman–Crippen MR) is 117 cm³/mol. The lowest BCUT2D eigenvalue weighted by Gasteiger charge is -2.08. The first-order valence-corrected chi connectivity index (χ1v) is 10.5. The number of unbranched alkanes of at least 4 members (excludes halogenated alkanes) is 1. The molecule has 174 valence electrons. The molecule has 32 heavy (non-hydrogen) atoms. The smallest absolute Gasteiger partial charge is 0.306 e. The number of carbonyl (C=O) groups is 2. The maximum Gasteiger partial charge on any atom is 0.306 e. The lowest BCUT2D eigenvalue weighted by atomic mass is 10.1. The summed E-state index contributed by atoms with van der Waals surface area (Å²) in [6, 6.07) is 9.91. The molecule has 0 fully saturated rings. The minimum Gasteiger partial charge on any atom is -0.504 e. The van der Waals surface area contributed by atoms with Crippen LogP contribution in [0.1, 0.15) is 36.8 Å². The number of hydrogen-bond donors (Lipinski definition) is 2. The molecular weight excluding hydrogens is 416 g/mol. The summed E-state index contributed by atoms with van der Waals surface area (Å²) in [7, 11) is 2.94. The fourth-order valence-electron chi connectivity index (χ4n) is 2.97. The van der Waals surface area contributed by atoms with Gasteiger partial charge in [0.05, 0.1) is 27.4 Å². The molecule has 2 N–H and O–H groups in total. The zero-order valence-corrected chi connectivity index (χ0v) is 18.5. The minimum absolute atomic E-state index is 0.0557. The standard InChI is InChI=1S/C24H30O8/c1-29-21-15-17(5-9-19(21)25)7-11-23(27)31-13-3-4-14-32-24(28)12-8-18-6-10-20(26)22(16-18)30-2/h5-6,9-10,15-16,25-26H,3-4,7-8,11-14H2,1-2H3. The molecule has 0 aromatic heterocycles. The lowest BCUT2D eigenvalue weighted by Crippen LogP contribution is -2.10. The van der Waals surface area contributed by atoms with E-state index in [4.69, 9.17) is 18.9 Å². The van der Waals surface area contributed by atoms with E-state index in [1.807, 2.05) is 0 Å². The number of carbonyl (C=O) groups excluding carboxylic acids is 2. The van der Waals surface area contributed by atoms with Crippen LogP contribution in [0.25, 0.3) is 0 Å². The first-order valence-electron chi connectivity index (χ1n) is 10.5. The van der Waals surface area contributed by atoms with Gasteiger partial charge in [-0.15, -0.1) is 0 Å². The van der Waals surface area contributed by atoms with Crippen molar-refractivity contribution < 1.29 is 38.7 Å². The van der Waals surface area contributed by atoms with Crippen molar-refractivity contribution in [1.29, 1.82) is 0 Å². The van der Waals surface area contributed by atoms with Crippen LogP contribution in [0.2, 0.25) is 0 Å². The van der Waals surface area contributed by atoms with E-state index in [0.29, 0.717) is 37.2 Å². The molecule has 0 radical (unpaired) electrons. The SMILES string of the molecule is COc1cc(CCC(=O)OCCCCOC(=O)CCc2ccc(O)c(OC)c2)ccc1O. The van der Waals surface area contributed by atoms with Crippen LogP contribution in [-0.2, 0) is 31.9 Å². The Morgan fingerprint density at radius 1 is 0.719 bits per heavy atom. The van der Waals surface area contributed by atoms with Crippen molar-refractivity contribution in [1.82, 2.24) is 0 Å². The fourth-order valence-corrected chi connectivity index (χ4v) is 2.97. The van der Waals surface area contributed by atoms with E-state index in [-0.39, 0.29) is 49.5 Å². The highest BCUT2D eigenvalue weighted by Gasteiger charge is 2.09. The highest BCUT2D eigenvalue weighted by Crippen LogP contribution is 2.27. The monoisotopic (exact) mass is 446 g/mol. The van der Waals surface area contributed by atoms with Crippen LogP contribution in [0.4, 0.5) is 0 Å². The summed E-state index contributed by atoms with van der Waals surface area (Å²) < 4.78 is 20.5. The Kier molecular flexibility index (Phi) is 10.2. The molecule has 0 atom stereocenters. The number of hydrogen-bond acceptors (Lipinski definition) is 8. The Morgan fingerprint density at radius 3 is 1.50 bits per heavy atom. The second-order valence-electron chi connectivity index (χ2n) is 7.16. The Morgan fingerprint density at radius 2 is 1.12 bits per heavy atom. The number of aryl methyl sites for hydroxylation is 2. The number of methoxy groups -OCH3 is 2. The van der Waals surface area contributed by atoms with Gasteiger partial charge in [-0.05, 0) is 61.1 Å². The van der Waals surface area contributed by atoms with E-state index in [2.05, 4.69) is 0 Å². The predicted octanol–water partition coefficient (Wildman–Crippen LogP) is 3.55. The van der Waals surface area contributed by atoms with Gasteiger partial charge in [0.15, 0.2) is 23.0 Å². The van der Waals surface area contributed by atoms with Crippen molar-refractivity contribution in [2.45, 2.75) is 38.5 Å². The average molecular weight is 446 g/mol. The normalized spacial score (nSPS) is 10.4. The number of rotatable bonds is 13. The van der Waals surface area contributed by atoms with Gasteiger partial charge >= 0.3 is 11.9 Å². The molecule has 0 spiro atoms. The maximum absolute atomic E-state index is 11.9. The number of aromatic hydroxyl groups is 2. The zero-order chi connectivity index (χ0) is 23.3. The van der Waals surface area contributed by atoms with Gasteiger partial charge in [0.2, 0.25) is 0 Å². The van der Waals surface area contributed by atoms with Crippen LogP contribution in [0.15, 0.2) is 36.4 Å². The number of esters is 2. The Labute approximate surface area is 187 Å². The summed E-state index contributed by atoms with van der Waals surface area (Å²) in [4.78, 5) is 23.7. The van der Waals surface area contributed by atoms with Crippen LogP contribution >= 0.6 is 0 Å². The summed E-state index contributed by atoms with van der Waals surface area (Å²) in [5.74, 6) is 0.235. The number of ether oxygens (including phenoxy) is 4. The molecule has 0 unspecified atom stereocenters. The third kappa shape index (κ3) is 8.37. The summed E-state index contributed by atoms with van der Waals surface area (Å²) in [6.07, 6.45) is 2.62. The van der Waals surface area contributed by atoms with Crippen molar-refractivity contribution in [3.8, 4) is 23.0 Å². The quantitative estimate of drug-likeness (QED) is 0.355. The first-order chi connectivity index (χ1) is 15.4. The maximum atomic E-state index is 11.9. The molecular formula is C24H30O8. The van der Waals surface area contributed by atoms with Gasteiger partial charge in [0, 0.05) is 12.8 Å². The van der Waals surface area contributed by atoms with Gasteiger partial charge in [0.25, 0.3) is 0 Å². The van der Waals surface area contributed by atoms with Crippen molar-refractivity contribution in [2.75, 3.05) is 27.4 Å². The highest BCUT2D eigenvalue weighted by molar-refractivity contribution is 5.70. The van der Waals surface area contributed by atoms with E-state index in [1.54, 1.807) is 24.3 Å². The molecule has 0 aliphatic carbocycles. The average Bonchev–Trinajstić information content (AvgIpc) is 2.80. The van der Waals surface area contributed by atoms with Crippen LogP contribution in [0, 0.1) is 0 Å². The Hall–Kier alpha value is -3.42. The molecule has 0 heterocycles. The van der Waals surface area contributed by atoms with E-state index in [9.17, 15) is 19.8 Å². The largest absolute Gasteiger partial charge is 0.504 e. The summed E-state index contributed by atoms with van der Waals surface area (Å²) >= 11 is 0. The van der Waals surface area contributed by atoms with Crippen LogP contribution < -0.4 is 9.47 Å². The molecule has 0 saturated heterocycles. The van der Waals surface area contributed by atoms with Crippen molar-refractivity contribution in [3.05, 3.63) is 47.5 Å². The van der Waals surface area contributed by atoms with Gasteiger partial charge in [0.1, 0.15) is 0 Å². The van der Waals surface area contributed by atoms with E-state index >= 15 is 0 Å². The van der Waals surface area contributed by atoms with Crippen LogP contribution in [-0.4, -0.2) is 49.6 Å². The molecule has 0 saturated carbocycles. The van der Waals surface area contributed by atoms with Gasteiger partial charge in [-0.2, -0.15) is 0 Å². The molecule has 2 rings (SSSR count). The van der Waals surface area contributed by atoms with Gasteiger partial charge in [-0.1, -0.05) is 12.1 Å². The molecule has 2 aromatic rings. The van der Waals surface area contributed by atoms with Crippen molar-refractivity contribution >= 4 is 11.9 Å². The number of benzene rings is 2. The fraction of sp³-hybridized carbons (Fsp3) is 0.417. The Balaban J connectivity index is 1.54. The molecule has 0 amide bonds. The second kappa shape index (κ2) is 13.1. The van der Waals surface area contributed by atoms with Gasteiger partial charge in [-0.3, -0.25) is 9.59 Å². The van der Waals surface area contributed by atoms with E-state index < -0.39 is 0 Å². The molecule has 0 bridgehead atoms. The van der Waals surface area contributed by atoms with E-state index in [0.717, 1.165) is 11.1 Å². The van der Waals surface area contributed by atoms with Gasteiger partial charge < -0.3 is 29.2 Å². The molecule has 0 aliphatic rings. The third-order valence-electron chi connectivity index (χ3n) is 4.79. The van der Waals surface area contributed by atoms with Crippen molar-refractivity contribution in [2.24, 2.45) is 0 Å². The summed E-state index contributed by atoms with van der Waals surface area (Å²) in [5.41, 5.74) is 1.74. The van der Waals surface area contributed by atoms with Crippen molar-refractivity contribution in [3.63, 3.8) is 0 Å².